The van der Waals surface area contributed by atoms with Crippen molar-refractivity contribution in [1.29, 1.82) is 0 Å². The molecule has 0 saturated carbocycles. The number of hydrogen-bond acceptors (Lipinski definition) is 7. The Balaban J connectivity index is 2.04. The minimum atomic E-state index is -0.512. The number of hydrogen-bond donors (Lipinski definition) is 1. The lowest BCUT2D eigenvalue weighted by Crippen LogP contribution is -2.43. The van der Waals surface area contributed by atoms with E-state index in [1.807, 2.05) is 11.9 Å². The maximum absolute atomic E-state index is 10.7. The molecule has 1 fully saturated rings. The largest absolute Gasteiger partial charge is 0.378 e. The molecule has 1 saturated heterocycles. The van der Waals surface area contributed by atoms with Crippen molar-refractivity contribution < 1.29 is 4.92 Å². The number of rotatable bonds is 4. The van der Waals surface area contributed by atoms with Crippen LogP contribution in [-0.4, -0.2) is 46.1 Å². The van der Waals surface area contributed by atoms with Gasteiger partial charge in [0.1, 0.15) is 5.82 Å². The summed E-state index contributed by atoms with van der Waals surface area (Å²) in [5, 5.41) is 10.7. The Hall–Kier alpha value is -1.54. The third-order valence-corrected chi connectivity index (χ3v) is 3.95. The third-order valence-electron chi connectivity index (χ3n) is 2.96. The number of anilines is 2. The maximum atomic E-state index is 10.7. The SMILES string of the molecule is CCSN1CCN(c2ccc([N+](=O)[O-])c(N)n2)CC1. The molecule has 1 aliphatic rings. The molecule has 2 heterocycles. The number of pyridine rings is 1. The highest BCUT2D eigenvalue weighted by atomic mass is 32.2. The van der Waals surface area contributed by atoms with E-state index in [4.69, 9.17) is 5.73 Å². The van der Waals surface area contributed by atoms with Gasteiger partial charge in [-0.25, -0.2) is 9.29 Å². The molecule has 2 N–H and O–H groups in total. The van der Waals surface area contributed by atoms with E-state index in [0.717, 1.165) is 31.9 Å². The summed E-state index contributed by atoms with van der Waals surface area (Å²) >= 11 is 1.83. The maximum Gasteiger partial charge on any atom is 0.311 e. The number of nitrogen functional groups attached to an aromatic ring is 1. The van der Waals surface area contributed by atoms with E-state index in [-0.39, 0.29) is 11.5 Å². The first-order chi connectivity index (χ1) is 9.11. The second-order valence-electron chi connectivity index (χ2n) is 4.16. The zero-order valence-electron chi connectivity index (χ0n) is 10.8. The molecule has 2 rings (SSSR count). The topological polar surface area (TPSA) is 88.5 Å². The molecule has 0 radical (unpaired) electrons. The van der Waals surface area contributed by atoms with Crippen molar-refractivity contribution in [3.05, 3.63) is 22.2 Å². The highest BCUT2D eigenvalue weighted by Gasteiger charge is 2.20. The van der Waals surface area contributed by atoms with Crippen LogP contribution in [0.4, 0.5) is 17.3 Å². The highest BCUT2D eigenvalue weighted by Crippen LogP contribution is 2.24. The van der Waals surface area contributed by atoms with Crippen molar-refractivity contribution in [1.82, 2.24) is 9.29 Å². The van der Waals surface area contributed by atoms with Crippen molar-refractivity contribution in [2.45, 2.75) is 6.92 Å². The summed E-state index contributed by atoms with van der Waals surface area (Å²) < 4.78 is 2.32. The van der Waals surface area contributed by atoms with Crippen LogP contribution < -0.4 is 10.6 Å². The molecule has 7 nitrogen and oxygen atoms in total. The molecular formula is C11H17N5O2S. The molecule has 1 aromatic rings. The average Bonchev–Trinajstić information content (AvgIpc) is 2.39. The molecule has 19 heavy (non-hydrogen) atoms. The lowest BCUT2D eigenvalue weighted by molar-refractivity contribution is -0.384. The zero-order valence-corrected chi connectivity index (χ0v) is 11.6. The molecule has 0 aliphatic carbocycles. The predicted molar refractivity (Wildman–Crippen MR) is 77.2 cm³/mol. The van der Waals surface area contributed by atoms with Gasteiger partial charge in [-0.15, -0.1) is 0 Å². The van der Waals surface area contributed by atoms with E-state index in [1.54, 1.807) is 6.07 Å². The highest BCUT2D eigenvalue weighted by molar-refractivity contribution is 7.96. The Labute approximate surface area is 116 Å². The van der Waals surface area contributed by atoms with Crippen molar-refractivity contribution in [2.75, 3.05) is 42.6 Å². The van der Waals surface area contributed by atoms with Crippen molar-refractivity contribution in [3.8, 4) is 0 Å². The summed E-state index contributed by atoms with van der Waals surface area (Å²) in [7, 11) is 0. The summed E-state index contributed by atoms with van der Waals surface area (Å²) in [6.45, 7) is 5.76. The normalized spacial score (nSPS) is 16.6. The second kappa shape index (κ2) is 6.07. The van der Waals surface area contributed by atoms with Crippen LogP contribution in [0, 0.1) is 10.1 Å². The molecule has 1 aromatic heterocycles. The van der Waals surface area contributed by atoms with Gasteiger partial charge in [-0.05, 0) is 6.07 Å². The Bertz CT molecular complexity index is 462. The van der Waals surface area contributed by atoms with Crippen LogP contribution in [-0.2, 0) is 0 Å². The molecule has 104 valence electrons. The summed E-state index contributed by atoms with van der Waals surface area (Å²) in [6.07, 6.45) is 0. The molecular weight excluding hydrogens is 266 g/mol. The molecule has 0 unspecified atom stereocenters. The summed E-state index contributed by atoms with van der Waals surface area (Å²) in [6, 6.07) is 3.09. The van der Waals surface area contributed by atoms with Gasteiger partial charge in [0.2, 0.25) is 5.82 Å². The first-order valence-corrected chi connectivity index (χ1v) is 7.09. The average molecular weight is 283 g/mol. The van der Waals surface area contributed by atoms with E-state index in [0.29, 0.717) is 5.82 Å². The number of nitrogens with two attached hydrogens (primary N) is 1. The molecule has 0 aromatic carbocycles. The van der Waals surface area contributed by atoms with Gasteiger partial charge in [-0.1, -0.05) is 18.9 Å². The van der Waals surface area contributed by atoms with E-state index in [2.05, 4.69) is 21.1 Å². The molecule has 0 bridgehead atoms. The molecule has 0 amide bonds. The van der Waals surface area contributed by atoms with Crippen LogP contribution in [0.3, 0.4) is 0 Å². The van der Waals surface area contributed by atoms with Gasteiger partial charge in [0.25, 0.3) is 0 Å². The fourth-order valence-corrected chi connectivity index (χ4v) is 2.80. The molecule has 0 spiro atoms. The molecule has 0 atom stereocenters. The molecule has 8 heteroatoms. The van der Waals surface area contributed by atoms with Gasteiger partial charge < -0.3 is 10.6 Å². The fourth-order valence-electron chi connectivity index (χ4n) is 2.02. The third kappa shape index (κ3) is 3.27. The minimum absolute atomic E-state index is 0.0205. The van der Waals surface area contributed by atoms with Crippen LogP contribution >= 0.6 is 11.9 Å². The number of nitro groups is 1. The lowest BCUT2D eigenvalue weighted by atomic mass is 10.3. The lowest BCUT2D eigenvalue weighted by Gasteiger charge is -2.34. The van der Waals surface area contributed by atoms with Crippen molar-refractivity contribution in [3.63, 3.8) is 0 Å². The van der Waals surface area contributed by atoms with Crippen LogP contribution in [0.2, 0.25) is 0 Å². The number of nitrogens with zero attached hydrogens (tertiary/aromatic N) is 4. The fraction of sp³-hybridized carbons (Fsp3) is 0.545. The van der Waals surface area contributed by atoms with E-state index in [9.17, 15) is 10.1 Å². The predicted octanol–water partition coefficient (Wildman–Crippen LogP) is 1.36. The monoisotopic (exact) mass is 283 g/mol. The first-order valence-electron chi connectivity index (χ1n) is 6.15. The standard InChI is InChI=1S/C11H17N5O2S/c1-2-19-15-7-5-14(6-8-15)10-4-3-9(16(17)18)11(12)13-10/h3-4H,2,5-8H2,1H3,(H2,12,13). The first kappa shape index (κ1) is 13.9. The van der Waals surface area contributed by atoms with Crippen LogP contribution in [0.15, 0.2) is 12.1 Å². The van der Waals surface area contributed by atoms with Gasteiger partial charge in [0.15, 0.2) is 0 Å². The van der Waals surface area contributed by atoms with E-state index < -0.39 is 4.92 Å². The Morgan fingerprint density at radius 1 is 1.42 bits per heavy atom. The quantitative estimate of drug-likeness (QED) is 0.507. The zero-order chi connectivity index (χ0) is 13.8. The second-order valence-corrected chi connectivity index (χ2v) is 5.52. The van der Waals surface area contributed by atoms with E-state index >= 15 is 0 Å². The smallest absolute Gasteiger partial charge is 0.311 e. The summed E-state index contributed by atoms with van der Waals surface area (Å²) in [5.41, 5.74) is 5.47. The van der Waals surface area contributed by atoms with E-state index in [1.165, 1.54) is 6.07 Å². The summed E-state index contributed by atoms with van der Waals surface area (Å²) in [5.74, 6) is 1.76. The Morgan fingerprint density at radius 3 is 2.63 bits per heavy atom. The van der Waals surface area contributed by atoms with Gasteiger partial charge in [-0.3, -0.25) is 10.1 Å². The molecule has 1 aliphatic heterocycles. The van der Waals surface area contributed by atoms with Crippen LogP contribution in [0.25, 0.3) is 0 Å². The Morgan fingerprint density at radius 2 is 2.11 bits per heavy atom. The Kier molecular flexibility index (Phi) is 4.43. The number of aromatic nitrogens is 1. The van der Waals surface area contributed by atoms with Crippen molar-refractivity contribution >= 4 is 29.3 Å². The number of piperazine rings is 1. The van der Waals surface area contributed by atoms with Crippen molar-refractivity contribution in [2.24, 2.45) is 0 Å². The van der Waals surface area contributed by atoms with Crippen LogP contribution in [0.5, 0.6) is 0 Å². The van der Waals surface area contributed by atoms with Gasteiger partial charge >= 0.3 is 5.69 Å². The minimum Gasteiger partial charge on any atom is -0.378 e. The van der Waals surface area contributed by atoms with Crippen LogP contribution in [0.1, 0.15) is 6.92 Å². The summed E-state index contributed by atoms with van der Waals surface area (Å²) in [4.78, 5) is 16.4. The van der Waals surface area contributed by atoms with Gasteiger partial charge in [0.05, 0.1) is 4.92 Å². The van der Waals surface area contributed by atoms with Gasteiger partial charge in [0, 0.05) is 38.0 Å². The van der Waals surface area contributed by atoms with Gasteiger partial charge in [-0.2, -0.15) is 0 Å².